The number of rotatable bonds is 12. The van der Waals surface area contributed by atoms with Crippen LogP contribution in [-0.2, 0) is 0 Å². The average Bonchev–Trinajstić information content (AvgIpc) is 3.35. The summed E-state index contributed by atoms with van der Waals surface area (Å²) in [7, 11) is 0. The summed E-state index contributed by atoms with van der Waals surface area (Å²) in [5.41, 5.74) is 19.9. The van der Waals surface area contributed by atoms with Crippen molar-refractivity contribution >= 4 is 66.4 Å². The van der Waals surface area contributed by atoms with Gasteiger partial charge < -0.3 is 9.80 Å². The highest BCUT2D eigenvalue weighted by molar-refractivity contribution is 6.29. The first-order valence-corrected chi connectivity index (χ1v) is 24.8. The zero-order valence-corrected chi connectivity index (χ0v) is 41.5. The summed E-state index contributed by atoms with van der Waals surface area (Å²) in [4.78, 5) is 5.13. The van der Waals surface area contributed by atoms with Gasteiger partial charge in [-0.25, -0.2) is 0 Å². The van der Waals surface area contributed by atoms with E-state index in [0.717, 1.165) is 0 Å². The third-order valence-electron chi connectivity index (χ3n) is 14.5. The van der Waals surface area contributed by atoms with Crippen LogP contribution < -0.4 is 9.80 Å². The first kappa shape index (κ1) is 44.7. The van der Waals surface area contributed by atoms with Crippen molar-refractivity contribution in [1.29, 1.82) is 0 Å². The number of hydrogen-bond donors (Lipinski definition) is 0. The third kappa shape index (κ3) is 7.80. The molecule has 0 saturated carbocycles. The van der Waals surface area contributed by atoms with Gasteiger partial charge in [-0.1, -0.05) is 189 Å². The summed E-state index contributed by atoms with van der Waals surface area (Å²) in [5.74, 6) is 1.33. The normalized spacial score (nSPS) is 11.9. The van der Waals surface area contributed by atoms with E-state index in [9.17, 15) is 0 Å². The number of nitrogens with zero attached hydrogens (tertiary/aromatic N) is 2. The molecule has 0 spiro atoms. The van der Waals surface area contributed by atoms with Crippen LogP contribution in [0, 0.1) is 13.8 Å². The van der Waals surface area contributed by atoms with Crippen LogP contribution in [0.4, 0.5) is 34.1 Å². The molecule has 0 fully saturated rings. The Kier molecular flexibility index (Phi) is 11.9. The maximum absolute atomic E-state index is 2.57. The molecule has 0 aromatic heterocycles. The molecule has 0 atom stereocenters. The van der Waals surface area contributed by atoms with Gasteiger partial charge in [-0.05, 0) is 163 Å². The lowest BCUT2D eigenvalue weighted by molar-refractivity contribution is 0.866. The van der Waals surface area contributed by atoms with Gasteiger partial charge >= 0.3 is 0 Å². The SMILES string of the molecule is Cc1c(-c2ccccc2)cccc1N(c1cccc(C(C)C)c1)c1cc(C(C)C)c2ccc3c(N(c4cccc(C(C)C)c4)c4cccc(-c5ccccc5)c4C)cc(C(C)C)c4ccc1c2c43. The molecule has 0 bridgehead atoms. The summed E-state index contributed by atoms with van der Waals surface area (Å²) in [6.07, 6.45) is 0. The zero-order valence-electron chi connectivity index (χ0n) is 41.5. The fourth-order valence-electron chi connectivity index (χ4n) is 10.8. The summed E-state index contributed by atoms with van der Waals surface area (Å²) in [6, 6.07) is 68.6. The highest BCUT2D eigenvalue weighted by Gasteiger charge is 2.28. The Labute approximate surface area is 404 Å². The molecule has 0 aliphatic rings. The van der Waals surface area contributed by atoms with E-state index >= 15 is 0 Å². The van der Waals surface area contributed by atoms with E-state index in [1.165, 1.54) is 122 Å². The molecule has 0 heterocycles. The number of anilines is 6. The first-order valence-electron chi connectivity index (χ1n) is 24.8. The molecule has 2 nitrogen and oxygen atoms in total. The van der Waals surface area contributed by atoms with E-state index in [0.29, 0.717) is 11.8 Å². The van der Waals surface area contributed by atoms with Gasteiger partial charge in [0.25, 0.3) is 0 Å². The molecule has 338 valence electrons. The van der Waals surface area contributed by atoms with Crippen LogP contribution in [0.15, 0.2) is 182 Å². The topological polar surface area (TPSA) is 6.48 Å². The van der Waals surface area contributed by atoms with Crippen molar-refractivity contribution in [3.05, 3.63) is 215 Å². The molecule has 0 radical (unpaired) electrons. The quantitative estimate of drug-likeness (QED) is 0.113. The largest absolute Gasteiger partial charge is 0.310 e. The second-order valence-corrected chi connectivity index (χ2v) is 20.2. The second-order valence-electron chi connectivity index (χ2n) is 20.2. The Morgan fingerprint density at radius 2 is 0.676 bits per heavy atom. The summed E-state index contributed by atoms with van der Waals surface area (Å²) >= 11 is 0. The van der Waals surface area contributed by atoms with Crippen LogP contribution >= 0.6 is 0 Å². The molecular formula is C66H64N2. The molecule has 10 aromatic rings. The molecule has 10 rings (SSSR count). The molecule has 0 aliphatic carbocycles. The summed E-state index contributed by atoms with van der Waals surface area (Å²) < 4.78 is 0. The van der Waals surface area contributed by atoms with Crippen LogP contribution in [0.3, 0.4) is 0 Å². The van der Waals surface area contributed by atoms with Crippen molar-refractivity contribution < 1.29 is 0 Å². The lowest BCUT2D eigenvalue weighted by Gasteiger charge is -2.33. The van der Waals surface area contributed by atoms with Crippen LogP contribution in [0.1, 0.15) is 112 Å². The molecule has 0 saturated heterocycles. The minimum atomic E-state index is 0.279. The fourth-order valence-corrected chi connectivity index (χ4v) is 10.8. The van der Waals surface area contributed by atoms with Gasteiger partial charge in [-0.3, -0.25) is 0 Å². The lowest BCUT2D eigenvalue weighted by atomic mass is 9.83. The smallest absolute Gasteiger partial charge is 0.0543 e. The number of benzene rings is 10. The third-order valence-corrected chi connectivity index (χ3v) is 14.5. The minimum absolute atomic E-state index is 0.279. The Bertz CT molecular complexity index is 3200. The van der Waals surface area contributed by atoms with Crippen molar-refractivity contribution in [2.75, 3.05) is 9.80 Å². The standard InChI is InChI=1S/C66H64N2/c1-41(2)49-25-17-27-51(37-49)67(61-31-19-29-53(45(61)9)47-21-13-11-14-22-47)63-39-59(43(5)6)55-34-36-58-64(40-60(44(7)8)56-33-35-57(63)65(55)66(56)58)68(52-28-18-26-50(38-52)42(3)4)62-32-20-30-54(46(62)10)48-23-15-12-16-24-48/h11-44H,1-10H3. The van der Waals surface area contributed by atoms with Gasteiger partial charge in [0.1, 0.15) is 0 Å². The van der Waals surface area contributed by atoms with Crippen LogP contribution in [0.25, 0.3) is 54.6 Å². The van der Waals surface area contributed by atoms with Crippen molar-refractivity contribution in [2.24, 2.45) is 0 Å². The van der Waals surface area contributed by atoms with Gasteiger partial charge in [0.2, 0.25) is 0 Å². The zero-order chi connectivity index (χ0) is 47.4. The summed E-state index contributed by atoms with van der Waals surface area (Å²) in [5, 5.41) is 7.82. The molecule has 10 aromatic carbocycles. The number of hydrogen-bond acceptors (Lipinski definition) is 2. The lowest BCUT2D eigenvalue weighted by Crippen LogP contribution is -2.15. The maximum Gasteiger partial charge on any atom is 0.0543 e. The van der Waals surface area contributed by atoms with Crippen molar-refractivity contribution in [2.45, 2.75) is 92.9 Å². The molecule has 0 aliphatic heterocycles. The monoisotopic (exact) mass is 885 g/mol. The van der Waals surface area contributed by atoms with E-state index in [4.69, 9.17) is 0 Å². The molecule has 68 heavy (non-hydrogen) atoms. The van der Waals surface area contributed by atoms with E-state index < -0.39 is 0 Å². The predicted octanol–water partition coefficient (Wildman–Crippen LogP) is 20.0. The molecule has 0 N–H and O–H groups in total. The van der Waals surface area contributed by atoms with Gasteiger partial charge in [0, 0.05) is 33.5 Å². The van der Waals surface area contributed by atoms with E-state index in [1.54, 1.807) is 0 Å². The van der Waals surface area contributed by atoms with Crippen molar-refractivity contribution in [3.63, 3.8) is 0 Å². The fraction of sp³-hybridized carbons (Fsp3) is 0.212. The van der Waals surface area contributed by atoms with Crippen molar-refractivity contribution in [1.82, 2.24) is 0 Å². The Morgan fingerprint density at radius 1 is 0.309 bits per heavy atom. The minimum Gasteiger partial charge on any atom is -0.310 e. The van der Waals surface area contributed by atoms with Crippen LogP contribution in [0.5, 0.6) is 0 Å². The van der Waals surface area contributed by atoms with Gasteiger partial charge in [-0.2, -0.15) is 0 Å². The first-order chi connectivity index (χ1) is 32.9. The van der Waals surface area contributed by atoms with Crippen molar-refractivity contribution in [3.8, 4) is 22.3 Å². The second kappa shape index (κ2) is 18.1. The summed E-state index contributed by atoms with van der Waals surface area (Å²) in [6.45, 7) is 23.2. The molecule has 0 unspecified atom stereocenters. The Morgan fingerprint density at radius 3 is 1.04 bits per heavy atom. The molecule has 0 amide bonds. The van der Waals surface area contributed by atoms with Gasteiger partial charge in [-0.15, -0.1) is 0 Å². The highest BCUT2D eigenvalue weighted by atomic mass is 15.2. The molecule has 2 heteroatoms. The average molecular weight is 885 g/mol. The van der Waals surface area contributed by atoms with Crippen LogP contribution in [-0.4, -0.2) is 0 Å². The van der Waals surface area contributed by atoms with Crippen LogP contribution in [0.2, 0.25) is 0 Å². The van der Waals surface area contributed by atoms with E-state index in [2.05, 4.69) is 261 Å². The Balaban J connectivity index is 1.32. The van der Waals surface area contributed by atoms with E-state index in [-0.39, 0.29) is 11.8 Å². The predicted molar refractivity (Wildman–Crippen MR) is 296 cm³/mol. The van der Waals surface area contributed by atoms with Gasteiger partial charge in [0.15, 0.2) is 0 Å². The highest BCUT2D eigenvalue weighted by Crippen LogP contribution is 2.52. The van der Waals surface area contributed by atoms with E-state index in [1.807, 2.05) is 0 Å². The Hall–Kier alpha value is -7.16. The molecular weight excluding hydrogens is 821 g/mol. The van der Waals surface area contributed by atoms with Gasteiger partial charge in [0.05, 0.1) is 11.4 Å². The maximum atomic E-state index is 2.57.